The number of aliphatic hydroxyl groups is 3. The number of aliphatic hydroxyl groups excluding tert-OH is 3. The Hall–Kier alpha value is -1.63. The fourth-order valence-electron chi connectivity index (χ4n) is 2.96. The summed E-state index contributed by atoms with van der Waals surface area (Å²) in [6, 6.07) is 0. The Morgan fingerprint density at radius 3 is 1.11 bits per heavy atom. The predicted molar refractivity (Wildman–Crippen MR) is 176 cm³/mol. The zero-order chi connectivity index (χ0) is 33.6. The molecule has 3 N–H and O–H groups in total. The van der Waals surface area contributed by atoms with Crippen LogP contribution in [0.15, 0.2) is 12.7 Å². The molecule has 0 aromatic carbocycles. The van der Waals surface area contributed by atoms with Crippen LogP contribution in [0.1, 0.15) is 25.7 Å². The highest BCUT2D eigenvalue weighted by Gasteiger charge is 2.38. The van der Waals surface area contributed by atoms with Gasteiger partial charge in [0, 0.05) is 52.1 Å². The van der Waals surface area contributed by atoms with Gasteiger partial charge < -0.3 is 39.0 Å². The Balaban J connectivity index is 5.44. The van der Waals surface area contributed by atoms with Gasteiger partial charge in [-0.1, -0.05) is 6.58 Å². The Labute approximate surface area is 281 Å². The van der Waals surface area contributed by atoms with Crippen molar-refractivity contribution in [3.05, 3.63) is 12.7 Å². The summed E-state index contributed by atoms with van der Waals surface area (Å²) in [6.45, 7) is 1.92. The lowest BCUT2D eigenvalue weighted by atomic mass is 9.92. The van der Waals surface area contributed by atoms with Crippen LogP contribution in [-0.2, 0) is 47.7 Å². The fraction of sp³-hybridized carbons (Fsp3) is 0.750. The van der Waals surface area contributed by atoms with E-state index in [9.17, 15) is 24.0 Å². The molecule has 0 saturated heterocycles. The number of esters is 5. The molecule has 0 aliphatic heterocycles. The average molecular weight is 719 g/mol. The molecular weight excluding hydrogens is 673 g/mol. The molecule has 0 saturated carbocycles. The molecule has 0 aliphatic carbocycles. The zero-order valence-electron chi connectivity index (χ0n) is 25.5. The van der Waals surface area contributed by atoms with Crippen LogP contribution in [0.4, 0.5) is 0 Å². The third kappa shape index (κ3) is 26.2. The lowest BCUT2D eigenvalue weighted by Gasteiger charge is -2.31. The molecule has 0 fully saturated rings. The molecule has 13 nitrogen and oxygen atoms in total. The number of thioether (sulfide) groups is 4. The summed E-state index contributed by atoms with van der Waals surface area (Å²) in [5.41, 5.74) is -1.39. The van der Waals surface area contributed by atoms with E-state index in [0.717, 1.165) is 6.08 Å². The van der Waals surface area contributed by atoms with Crippen LogP contribution in [0.2, 0.25) is 0 Å². The number of ether oxygens (including phenoxy) is 5. The molecule has 0 heterocycles. The van der Waals surface area contributed by atoms with Crippen LogP contribution in [-0.4, -0.2) is 144 Å². The maximum atomic E-state index is 12.6. The molecule has 0 aliphatic rings. The van der Waals surface area contributed by atoms with Crippen molar-refractivity contribution >= 4 is 76.9 Å². The third-order valence-electron chi connectivity index (χ3n) is 5.30. The average Bonchev–Trinajstić information content (AvgIpc) is 3.04. The van der Waals surface area contributed by atoms with E-state index in [4.69, 9.17) is 39.0 Å². The highest BCUT2D eigenvalue weighted by atomic mass is 32.2. The minimum absolute atomic E-state index is 0.0156. The topological polar surface area (TPSA) is 192 Å². The van der Waals surface area contributed by atoms with Crippen LogP contribution < -0.4 is 0 Å². The third-order valence-corrected chi connectivity index (χ3v) is 9.15. The number of hydrogen-bond acceptors (Lipinski definition) is 17. The molecule has 0 atom stereocenters. The van der Waals surface area contributed by atoms with Gasteiger partial charge in [0.1, 0.15) is 38.4 Å². The molecule has 260 valence electrons. The van der Waals surface area contributed by atoms with E-state index in [1.807, 2.05) is 0 Å². The highest BCUT2D eigenvalue weighted by Crippen LogP contribution is 2.23. The van der Waals surface area contributed by atoms with Gasteiger partial charge in [0.15, 0.2) is 0 Å². The largest absolute Gasteiger partial charge is 0.465 e. The Bertz CT molecular complexity index is 791. The van der Waals surface area contributed by atoms with Crippen molar-refractivity contribution in [3.8, 4) is 0 Å². The lowest BCUT2D eigenvalue weighted by molar-refractivity contribution is -0.170. The zero-order valence-corrected chi connectivity index (χ0v) is 28.7. The Morgan fingerprint density at radius 2 is 0.822 bits per heavy atom. The summed E-state index contributed by atoms with van der Waals surface area (Å²) < 4.78 is 26.7. The van der Waals surface area contributed by atoms with Crippen LogP contribution in [0.3, 0.4) is 0 Å². The normalized spacial score (nSPS) is 11.0. The highest BCUT2D eigenvalue weighted by molar-refractivity contribution is 7.99. The van der Waals surface area contributed by atoms with Crippen molar-refractivity contribution in [2.45, 2.75) is 25.7 Å². The van der Waals surface area contributed by atoms with E-state index in [-0.39, 0.29) is 78.5 Å². The van der Waals surface area contributed by atoms with Crippen molar-refractivity contribution < 1.29 is 63.0 Å². The van der Waals surface area contributed by atoms with Gasteiger partial charge in [-0.3, -0.25) is 19.2 Å². The second-order valence-electron chi connectivity index (χ2n) is 9.13. The first-order valence-electron chi connectivity index (χ1n) is 14.3. The first kappa shape index (κ1) is 43.4. The second-order valence-corrected chi connectivity index (χ2v) is 14.0. The summed E-state index contributed by atoms with van der Waals surface area (Å²) in [5, 5.41) is 26.8. The van der Waals surface area contributed by atoms with E-state index >= 15 is 0 Å². The molecule has 17 heteroatoms. The second kappa shape index (κ2) is 29.8. The molecule has 0 rings (SSSR count). The molecule has 0 radical (unpaired) electrons. The number of carbonyl (C=O) groups excluding carboxylic acids is 5. The summed E-state index contributed by atoms with van der Waals surface area (Å²) >= 11 is 5.48. The molecule has 0 bridgehead atoms. The van der Waals surface area contributed by atoms with Gasteiger partial charge in [-0.25, -0.2) is 4.79 Å². The number of carbonyl (C=O) groups is 5. The lowest BCUT2D eigenvalue weighted by Crippen LogP contribution is -2.44. The van der Waals surface area contributed by atoms with Gasteiger partial charge in [0.05, 0.1) is 45.5 Å². The summed E-state index contributed by atoms with van der Waals surface area (Å²) in [7, 11) is 0. The first-order valence-corrected chi connectivity index (χ1v) is 18.9. The molecular formula is C28H46O13S4. The maximum Gasteiger partial charge on any atom is 0.330 e. The Kier molecular flexibility index (Phi) is 28.7. The van der Waals surface area contributed by atoms with E-state index in [0.29, 0.717) is 46.0 Å². The summed E-state index contributed by atoms with van der Waals surface area (Å²) in [4.78, 5) is 61.0. The van der Waals surface area contributed by atoms with Gasteiger partial charge in [0.25, 0.3) is 0 Å². The van der Waals surface area contributed by atoms with Crippen molar-refractivity contribution in [1.82, 2.24) is 0 Å². The van der Waals surface area contributed by atoms with Crippen LogP contribution in [0.5, 0.6) is 0 Å². The minimum atomic E-state index is -1.39. The first-order chi connectivity index (χ1) is 21.7. The monoisotopic (exact) mass is 718 g/mol. The van der Waals surface area contributed by atoms with Gasteiger partial charge in [-0.15, -0.1) is 0 Å². The molecule has 45 heavy (non-hydrogen) atoms. The van der Waals surface area contributed by atoms with Crippen molar-refractivity contribution in [1.29, 1.82) is 0 Å². The standard InChI is InChI=1S/C28H46O13S4/c1-2-23(32)37-10-18-45-14-6-27(36)41-22-28(19-38-24(33)3-11-42-15-7-29,20-39-25(34)4-12-43-16-8-30)21-40-26(35)5-13-44-17-9-31/h2,29-31H,1,3-22H2. The summed E-state index contributed by atoms with van der Waals surface area (Å²) in [5.74, 6) is 0.632. The maximum absolute atomic E-state index is 12.6. The van der Waals surface area contributed by atoms with E-state index < -0.39 is 35.3 Å². The Morgan fingerprint density at radius 1 is 0.511 bits per heavy atom. The smallest absolute Gasteiger partial charge is 0.330 e. The molecule has 0 unspecified atom stereocenters. The quantitative estimate of drug-likeness (QED) is 0.0417. The molecule has 0 spiro atoms. The van der Waals surface area contributed by atoms with E-state index in [2.05, 4.69) is 6.58 Å². The van der Waals surface area contributed by atoms with Crippen LogP contribution in [0, 0.1) is 5.41 Å². The van der Waals surface area contributed by atoms with Crippen LogP contribution in [0.25, 0.3) is 0 Å². The van der Waals surface area contributed by atoms with Crippen LogP contribution >= 0.6 is 47.0 Å². The predicted octanol–water partition coefficient (Wildman–Crippen LogP) is 1.34. The van der Waals surface area contributed by atoms with Crippen molar-refractivity contribution in [2.75, 3.05) is 98.9 Å². The summed E-state index contributed by atoms with van der Waals surface area (Å²) in [6.07, 6.45) is 1.21. The molecule has 0 aromatic heterocycles. The van der Waals surface area contributed by atoms with Gasteiger partial charge in [-0.05, 0) is 0 Å². The number of hydrogen-bond donors (Lipinski definition) is 3. The van der Waals surface area contributed by atoms with Gasteiger partial charge in [-0.2, -0.15) is 47.0 Å². The SMILES string of the molecule is C=CC(=O)OCCSCCC(=O)OCC(COC(=O)CCSCCO)(COC(=O)CCSCCO)COC(=O)CCSCCO. The van der Waals surface area contributed by atoms with Crippen molar-refractivity contribution in [3.63, 3.8) is 0 Å². The van der Waals surface area contributed by atoms with Crippen molar-refractivity contribution in [2.24, 2.45) is 5.41 Å². The number of rotatable bonds is 30. The van der Waals surface area contributed by atoms with E-state index in [1.165, 1.54) is 47.0 Å². The molecule has 0 aromatic rings. The van der Waals surface area contributed by atoms with Gasteiger partial charge >= 0.3 is 29.8 Å². The van der Waals surface area contributed by atoms with Gasteiger partial charge in [0.2, 0.25) is 0 Å². The minimum Gasteiger partial charge on any atom is -0.465 e. The van der Waals surface area contributed by atoms with E-state index in [1.54, 1.807) is 0 Å². The fourth-order valence-corrected chi connectivity index (χ4v) is 5.61. The molecule has 0 amide bonds.